The van der Waals surface area contributed by atoms with Crippen molar-refractivity contribution in [3.63, 3.8) is 0 Å². The Labute approximate surface area is 106 Å². The van der Waals surface area contributed by atoms with E-state index < -0.39 is 0 Å². The van der Waals surface area contributed by atoms with E-state index in [-0.39, 0.29) is 6.04 Å². The summed E-state index contributed by atoms with van der Waals surface area (Å²) in [5, 5.41) is 2.11. The SMILES string of the molecule is Cc1cncc(C(CCc2cccs2)NN)c1. The Bertz CT molecular complexity index is 453. The molecule has 0 saturated carbocycles. The highest BCUT2D eigenvalue weighted by atomic mass is 32.1. The number of nitrogens with zero attached hydrogens (tertiary/aromatic N) is 1. The summed E-state index contributed by atoms with van der Waals surface area (Å²) < 4.78 is 0. The third-order valence-corrected chi connectivity index (χ3v) is 3.70. The van der Waals surface area contributed by atoms with Crippen LogP contribution < -0.4 is 11.3 Å². The van der Waals surface area contributed by atoms with Gasteiger partial charge < -0.3 is 0 Å². The zero-order valence-corrected chi connectivity index (χ0v) is 10.7. The quantitative estimate of drug-likeness (QED) is 0.630. The van der Waals surface area contributed by atoms with Crippen LogP contribution in [0, 0.1) is 6.92 Å². The highest BCUT2D eigenvalue weighted by Gasteiger charge is 2.10. The highest BCUT2D eigenvalue weighted by Crippen LogP contribution is 2.20. The average molecular weight is 247 g/mol. The van der Waals surface area contributed by atoms with Crippen molar-refractivity contribution < 1.29 is 0 Å². The van der Waals surface area contributed by atoms with Gasteiger partial charge in [-0.05, 0) is 42.3 Å². The van der Waals surface area contributed by atoms with E-state index in [1.165, 1.54) is 10.4 Å². The minimum atomic E-state index is 0.171. The first kappa shape index (κ1) is 12.2. The fraction of sp³-hybridized carbons (Fsp3) is 0.308. The number of hydrazine groups is 1. The molecule has 0 aliphatic heterocycles. The van der Waals surface area contributed by atoms with Gasteiger partial charge in [0, 0.05) is 23.3 Å². The molecule has 1 unspecified atom stereocenters. The average Bonchev–Trinajstić information content (AvgIpc) is 2.83. The van der Waals surface area contributed by atoms with E-state index in [1.54, 1.807) is 11.3 Å². The van der Waals surface area contributed by atoms with Crippen LogP contribution in [0.3, 0.4) is 0 Å². The number of pyridine rings is 1. The molecule has 2 aromatic heterocycles. The number of rotatable bonds is 5. The lowest BCUT2D eigenvalue weighted by molar-refractivity contribution is 0.516. The molecule has 3 N–H and O–H groups in total. The molecule has 2 aromatic rings. The zero-order valence-electron chi connectivity index (χ0n) is 9.89. The van der Waals surface area contributed by atoms with Gasteiger partial charge in [0.1, 0.15) is 0 Å². The summed E-state index contributed by atoms with van der Waals surface area (Å²) in [6.07, 6.45) is 5.77. The number of hydrogen-bond acceptors (Lipinski definition) is 4. The first-order valence-corrected chi connectivity index (χ1v) is 6.57. The Morgan fingerprint density at radius 2 is 2.35 bits per heavy atom. The van der Waals surface area contributed by atoms with E-state index in [2.05, 4.69) is 34.0 Å². The van der Waals surface area contributed by atoms with Crippen molar-refractivity contribution >= 4 is 11.3 Å². The van der Waals surface area contributed by atoms with Gasteiger partial charge in [0.25, 0.3) is 0 Å². The minimum Gasteiger partial charge on any atom is -0.271 e. The monoisotopic (exact) mass is 247 g/mol. The summed E-state index contributed by atoms with van der Waals surface area (Å²) in [6, 6.07) is 6.54. The summed E-state index contributed by atoms with van der Waals surface area (Å²) in [5.74, 6) is 5.62. The third kappa shape index (κ3) is 3.36. The largest absolute Gasteiger partial charge is 0.271 e. The van der Waals surface area contributed by atoms with Crippen molar-refractivity contribution in [1.82, 2.24) is 10.4 Å². The lowest BCUT2D eigenvalue weighted by Crippen LogP contribution is -2.28. The van der Waals surface area contributed by atoms with Crippen LogP contribution in [0.25, 0.3) is 0 Å². The molecule has 0 saturated heterocycles. The number of nitrogens with two attached hydrogens (primary N) is 1. The molecule has 0 aliphatic rings. The molecule has 90 valence electrons. The van der Waals surface area contributed by atoms with Crippen LogP contribution in [-0.4, -0.2) is 4.98 Å². The molecular weight excluding hydrogens is 230 g/mol. The number of nitrogens with one attached hydrogen (secondary N) is 1. The molecule has 0 spiro atoms. The predicted molar refractivity (Wildman–Crippen MR) is 71.7 cm³/mol. The Hall–Kier alpha value is -1.23. The van der Waals surface area contributed by atoms with Gasteiger partial charge in [0.05, 0.1) is 0 Å². The van der Waals surface area contributed by atoms with Crippen molar-refractivity contribution in [2.45, 2.75) is 25.8 Å². The molecule has 2 rings (SSSR count). The molecule has 4 heteroatoms. The van der Waals surface area contributed by atoms with E-state index in [9.17, 15) is 0 Å². The maximum atomic E-state index is 5.62. The van der Waals surface area contributed by atoms with E-state index >= 15 is 0 Å². The number of hydrogen-bond donors (Lipinski definition) is 2. The summed E-state index contributed by atoms with van der Waals surface area (Å²) in [4.78, 5) is 5.60. The van der Waals surface area contributed by atoms with Gasteiger partial charge in [-0.3, -0.25) is 16.3 Å². The second-order valence-corrected chi connectivity index (χ2v) is 5.17. The lowest BCUT2D eigenvalue weighted by atomic mass is 10.0. The van der Waals surface area contributed by atoms with E-state index in [1.807, 2.05) is 19.3 Å². The molecule has 17 heavy (non-hydrogen) atoms. The van der Waals surface area contributed by atoms with E-state index in [0.29, 0.717) is 0 Å². The van der Waals surface area contributed by atoms with Crippen molar-refractivity contribution in [2.24, 2.45) is 5.84 Å². The molecule has 0 fully saturated rings. The van der Waals surface area contributed by atoms with Gasteiger partial charge >= 0.3 is 0 Å². The first-order chi connectivity index (χ1) is 8.29. The van der Waals surface area contributed by atoms with Gasteiger partial charge in [-0.1, -0.05) is 12.1 Å². The second kappa shape index (κ2) is 5.91. The molecule has 0 amide bonds. The van der Waals surface area contributed by atoms with Crippen molar-refractivity contribution in [3.8, 4) is 0 Å². The van der Waals surface area contributed by atoms with Gasteiger partial charge in [0.2, 0.25) is 0 Å². The van der Waals surface area contributed by atoms with Crippen LogP contribution in [0.4, 0.5) is 0 Å². The smallest absolute Gasteiger partial charge is 0.0478 e. The highest BCUT2D eigenvalue weighted by molar-refractivity contribution is 7.09. The molecule has 0 aliphatic carbocycles. The number of aryl methyl sites for hydroxylation is 2. The minimum absolute atomic E-state index is 0.171. The van der Waals surface area contributed by atoms with E-state index in [0.717, 1.165) is 18.4 Å². The molecule has 3 nitrogen and oxygen atoms in total. The van der Waals surface area contributed by atoms with Crippen molar-refractivity contribution in [2.75, 3.05) is 0 Å². The fourth-order valence-electron chi connectivity index (χ4n) is 1.86. The molecular formula is C13H17N3S. The summed E-state index contributed by atoms with van der Waals surface area (Å²) >= 11 is 1.79. The van der Waals surface area contributed by atoms with Crippen molar-refractivity contribution in [3.05, 3.63) is 52.0 Å². The van der Waals surface area contributed by atoms with Gasteiger partial charge in [-0.15, -0.1) is 11.3 Å². The first-order valence-electron chi connectivity index (χ1n) is 5.69. The van der Waals surface area contributed by atoms with Crippen LogP contribution in [-0.2, 0) is 6.42 Å². The summed E-state index contributed by atoms with van der Waals surface area (Å²) in [6.45, 7) is 2.04. The van der Waals surface area contributed by atoms with Crippen LogP contribution in [0.1, 0.15) is 28.5 Å². The molecule has 0 aromatic carbocycles. The molecule has 1 atom stereocenters. The topological polar surface area (TPSA) is 50.9 Å². The summed E-state index contributed by atoms with van der Waals surface area (Å²) in [7, 11) is 0. The van der Waals surface area contributed by atoms with E-state index in [4.69, 9.17) is 5.84 Å². The maximum absolute atomic E-state index is 5.62. The Kier molecular flexibility index (Phi) is 4.25. The number of thiophene rings is 1. The van der Waals surface area contributed by atoms with Gasteiger partial charge in [-0.2, -0.15) is 0 Å². The molecule has 0 radical (unpaired) electrons. The van der Waals surface area contributed by atoms with Gasteiger partial charge in [0.15, 0.2) is 0 Å². The molecule has 0 bridgehead atoms. The zero-order chi connectivity index (χ0) is 12.1. The van der Waals surface area contributed by atoms with Crippen molar-refractivity contribution in [1.29, 1.82) is 0 Å². The standard InChI is InChI=1S/C13H17N3S/c1-10-7-11(9-15-8-10)13(16-14)5-4-12-3-2-6-17-12/h2-3,6-9,13,16H,4-5,14H2,1H3. The Morgan fingerprint density at radius 1 is 1.47 bits per heavy atom. The van der Waals surface area contributed by atoms with Crippen LogP contribution in [0.5, 0.6) is 0 Å². The second-order valence-electron chi connectivity index (χ2n) is 4.13. The van der Waals surface area contributed by atoms with Crippen LogP contribution >= 0.6 is 11.3 Å². The number of aromatic nitrogens is 1. The normalized spacial score (nSPS) is 12.6. The summed E-state index contributed by atoms with van der Waals surface area (Å²) in [5.41, 5.74) is 5.19. The van der Waals surface area contributed by atoms with Gasteiger partial charge in [-0.25, -0.2) is 0 Å². The van der Waals surface area contributed by atoms with Crippen LogP contribution in [0.15, 0.2) is 36.0 Å². The third-order valence-electron chi connectivity index (χ3n) is 2.76. The lowest BCUT2D eigenvalue weighted by Gasteiger charge is -2.15. The molecule has 2 heterocycles. The maximum Gasteiger partial charge on any atom is 0.0478 e. The fourth-order valence-corrected chi connectivity index (χ4v) is 2.58. The Balaban J connectivity index is 2.01. The Morgan fingerprint density at radius 3 is 3.00 bits per heavy atom. The predicted octanol–water partition coefficient (Wildman–Crippen LogP) is 2.59. The van der Waals surface area contributed by atoms with Crippen LogP contribution in [0.2, 0.25) is 0 Å².